The largest absolute Gasteiger partial charge is 0.312 e. The molecule has 120 valence electrons. The van der Waals surface area contributed by atoms with Gasteiger partial charge in [0, 0.05) is 19.1 Å². The second kappa shape index (κ2) is 9.22. The third kappa shape index (κ3) is 5.80. The molecule has 1 atom stereocenters. The van der Waals surface area contributed by atoms with Crippen molar-refractivity contribution in [3.8, 4) is 0 Å². The third-order valence-electron chi connectivity index (χ3n) is 4.55. The van der Waals surface area contributed by atoms with E-state index in [0.29, 0.717) is 6.04 Å². The van der Waals surface area contributed by atoms with E-state index in [4.69, 9.17) is 0 Å². The van der Waals surface area contributed by atoms with Gasteiger partial charge < -0.3 is 10.2 Å². The molecule has 0 bridgehead atoms. The highest BCUT2D eigenvalue weighted by Gasteiger charge is 2.16. The van der Waals surface area contributed by atoms with Gasteiger partial charge in [-0.2, -0.15) is 0 Å². The molecular weight excluding hydrogens is 256 g/mol. The molecule has 0 aliphatic carbocycles. The van der Waals surface area contributed by atoms with E-state index in [-0.39, 0.29) is 0 Å². The van der Waals surface area contributed by atoms with Crippen LogP contribution in [0.4, 0.5) is 0 Å². The summed E-state index contributed by atoms with van der Waals surface area (Å²) >= 11 is 0. The lowest BCUT2D eigenvalue weighted by Crippen LogP contribution is -2.36. The highest BCUT2D eigenvalue weighted by molar-refractivity contribution is 5.30. The van der Waals surface area contributed by atoms with Crippen molar-refractivity contribution in [2.24, 2.45) is 5.92 Å². The zero-order valence-electron chi connectivity index (χ0n) is 14.9. The van der Waals surface area contributed by atoms with Crippen LogP contribution in [0.2, 0.25) is 0 Å². The molecule has 1 rings (SSSR count). The lowest BCUT2D eigenvalue weighted by Gasteiger charge is -2.29. The minimum atomic E-state index is 0.415. The number of nitrogens with zero attached hydrogens (tertiary/aromatic N) is 1. The summed E-state index contributed by atoms with van der Waals surface area (Å²) in [5.41, 5.74) is 4.12. The second-order valence-electron chi connectivity index (χ2n) is 6.30. The molecule has 1 aromatic rings. The van der Waals surface area contributed by atoms with Gasteiger partial charge in [0.05, 0.1) is 0 Å². The molecule has 0 spiro atoms. The van der Waals surface area contributed by atoms with E-state index in [1.807, 2.05) is 0 Å². The lowest BCUT2D eigenvalue weighted by atomic mass is 9.99. The van der Waals surface area contributed by atoms with Crippen molar-refractivity contribution in [3.63, 3.8) is 0 Å². The van der Waals surface area contributed by atoms with Gasteiger partial charge in [0.15, 0.2) is 0 Å². The number of rotatable bonds is 9. The Bertz CT molecular complexity index is 390. The SMILES string of the molecule is CCC(CC)CN(CC)CC(NC)c1cc(C)cc(C)c1. The van der Waals surface area contributed by atoms with E-state index < -0.39 is 0 Å². The fourth-order valence-corrected chi connectivity index (χ4v) is 3.08. The molecule has 1 N–H and O–H groups in total. The van der Waals surface area contributed by atoms with Crippen LogP contribution in [0.25, 0.3) is 0 Å². The number of aryl methyl sites for hydroxylation is 2. The van der Waals surface area contributed by atoms with E-state index >= 15 is 0 Å². The topological polar surface area (TPSA) is 15.3 Å². The standard InChI is InChI=1S/C19H34N2/c1-7-17(8-2)13-21(9-3)14-19(20-6)18-11-15(4)10-16(5)12-18/h10-12,17,19-20H,7-9,13-14H2,1-6H3. The highest BCUT2D eigenvalue weighted by atomic mass is 15.1. The minimum Gasteiger partial charge on any atom is -0.312 e. The Morgan fingerprint density at radius 2 is 1.52 bits per heavy atom. The molecule has 0 saturated heterocycles. The first-order valence-electron chi connectivity index (χ1n) is 8.51. The number of benzene rings is 1. The van der Waals surface area contributed by atoms with Crippen LogP contribution in [0.15, 0.2) is 18.2 Å². The van der Waals surface area contributed by atoms with Crippen LogP contribution in [0.5, 0.6) is 0 Å². The third-order valence-corrected chi connectivity index (χ3v) is 4.55. The van der Waals surface area contributed by atoms with Crippen LogP contribution in [0.1, 0.15) is 56.3 Å². The van der Waals surface area contributed by atoms with Gasteiger partial charge >= 0.3 is 0 Å². The summed E-state index contributed by atoms with van der Waals surface area (Å²) in [7, 11) is 2.08. The van der Waals surface area contributed by atoms with Crippen LogP contribution in [-0.2, 0) is 0 Å². The summed E-state index contributed by atoms with van der Waals surface area (Å²) in [6.07, 6.45) is 2.56. The van der Waals surface area contributed by atoms with Gasteiger partial charge in [0.25, 0.3) is 0 Å². The van der Waals surface area contributed by atoms with Gasteiger partial charge in [-0.1, -0.05) is 62.9 Å². The summed E-state index contributed by atoms with van der Waals surface area (Å²) < 4.78 is 0. The molecule has 0 aliphatic rings. The molecule has 0 fully saturated rings. The zero-order chi connectivity index (χ0) is 15.8. The molecule has 1 unspecified atom stereocenters. The predicted octanol–water partition coefficient (Wildman–Crippen LogP) is 4.32. The molecule has 2 heteroatoms. The van der Waals surface area contributed by atoms with Crippen molar-refractivity contribution in [2.45, 2.75) is 53.5 Å². The van der Waals surface area contributed by atoms with Gasteiger partial charge in [0.2, 0.25) is 0 Å². The van der Waals surface area contributed by atoms with Crippen molar-refractivity contribution >= 4 is 0 Å². The van der Waals surface area contributed by atoms with Crippen LogP contribution in [0.3, 0.4) is 0 Å². The van der Waals surface area contributed by atoms with E-state index in [1.165, 1.54) is 36.1 Å². The van der Waals surface area contributed by atoms with Crippen LogP contribution < -0.4 is 5.32 Å². The first kappa shape index (κ1) is 18.2. The molecule has 2 nitrogen and oxygen atoms in total. The lowest BCUT2D eigenvalue weighted by molar-refractivity contribution is 0.213. The Morgan fingerprint density at radius 3 is 1.95 bits per heavy atom. The number of nitrogens with one attached hydrogen (secondary N) is 1. The van der Waals surface area contributed by atoms with E-state index in [1.54, 1.807) is 0 Å². The average molecular weight is 290 g/mol. The molecule has 21 heavy (non-hydrogen) atoms. The molecule has 0 saturated carbocycles. The Labute approximate surface area is 131 Å². The van der Waals surface area contributed by atoms with Crippen LogP contribution in [-0.4, -0.2) is 31.6 Å². The van der Waals surface area contributed by atoms with E-state index in [0.717, 1.165) is 19.0 Å². The molecule has 0 radical (unpaired) electrons. The zero-order valence-corrected chi connectivity index (χ0v) is 14.9. The van der Waals surface area contributed by atoms with Gasteiger partial charge in [0.1, 0.15) is 0 Å². The second-order valence-corrected chi connectivity index (χ2v) is 6.30. The molecule has 1 aromatic carbocycles. The van der Waals surface area contributed by atoms with Crippen molar-refractivity contribution in [1.82, 2.24) is 10.2 Å². The van der Waals surface area contributed by atoms with Crippen molar-refractivity contribution < 1.29 is 0 Å². The number of likely N-dealkylation sites (N-methyl/N-ethyl adjacent to an activating group) is 2. The summed E-state index contributed by atoms with van der Waals surface area (Å²) in [4.78, 5) is 2.59. The summed E-state index contributed by atoms with van der Waals surface area (Å²) in [6, 6.07) is 7.30. The summed E-state index contributed by atoms with van der Waals surface area (Å²) in [5.74, 6) is 0.821. The van der Waals surface area contributed by atoms with Crippen molar-refractivity contribution in [2.75, 3.05) is 26.7 Å². The van der Waals surface area contributed by atoms with Gasteiger partial charge in [-0.25, -0.2) is 0 Å². The monoisotopic (exact) mass is 290 g/mol. The van der Waals surface area contributed by atoms with Gasteiger partial charge in [-0.05, 0) is 38.9 Å². The first-order valence-corrected chi connectivity index (χ1v) is 8.51. The summed E-state index contributed by atoms with van der Waals surface area (Å²) in [6.45, 7) is 14.7. The highest BCUT2D eigenvalue weighted by Crippen LogP contribution is 2.19. The Morgan fingerprint density at radius 1 is 0.952 bits per heavy atom. The van der Waals surface area contributed by atoms with Gasteiger partial charge in [-0.3, -0.25) is 0 Å². The molecule has 0 amide bonds. The van der Waals surface area contributed by atoms with Crippen LogP contribution >= 0.6 is 0 Å². The van der Waals surface area contributed by atoms with E-state index in [9.17, 15) is 0 Å². The van der Waals surface area contributed by atoms with E-state index in [2.05, 4.69) is 70.1 Å². The fourth-order valence-electron chi connectivity index (χ4n) is 3.08. The minimum absolute atomic E-state index is 0.415. The van der Waals surface area contributed by atoms with Gasteiger partial charge in [-0.15, -0.1) is 0 Å². The Balaban J connectivity index is 2.79. The molecule has 0 heterocycles. The van der Waals surface area contributed by atoms with Crippen LogP contribution in [0, 0.1) is 19.8 Å². The van der Waals surface area contributed by atoms with Crippen molar-refractivity contribution in [3.05, 3.63) is 34.9 Å². The quantitative estimate of drug-likeness (QED) is 0.728. The maximum atomic E-state index is 3.51. The Hall–Kier alpha value is -0.860. The average Bonchev–Trinajstić information content (AvgIpc) is 2.46. The van der Waals surface area contributed by atoms with Crippen molar-refractivity contribution in [1.29, 1.82) is 0 Å². The fraction of sp³-hybridized carbons (Fsp3) is 0.684. The Kier molecular flexibility index (Phi) is 7.98. The molecule has 0 aliphatic heterocycles. The molecule has 0 aromatic heterocycles. The maximum Gasteiger partial charge on any atom is 0.0447 e. The summed E-state index contributed by atoms with van der Waals surface area (Å²) in [5, 5.41) is 3.51. The first-order chi connectivity index (χ1) is 10.0. The smallest absolute Gasteiger partial charge is 0.0447 e. The number of hydrogen-bond donors (Lipinski definition) is 1. The number of hydrogen-bond acceptors (Lipinski definition) is 2. The molecular formula is C19H34N2. The maximum absolute atomic E-state index is 3.51. The predicted molar refractivity (Wildman–Crippen MR) is 93.9 cm³/mol. The normalized spacial score (nSPS) is 13.1.